The maximum atomic E-state index is 12.8. The van der Waals surface area contributed by atoms with E-state index in [-0.39, 0.29) is 17.6 Å². The molecule has 1 heterocycles. The van der Waals surface area contributed by atoms with E-state index in [2.05, 4.69) is 17.1 Å². The lowest BCUT2D eigenvalue weighted by Crippen LogP contribution is -2.41. The van der Waals surface area contributed by atoms with Crippen molar-refractivity contribution < 1.29 is 13.9 Å². The van der Waals surface area contributed by atoms with E-state index in [9.17, 15) is 9.18 Å². The average molecular weight is 308 g/mol. The summed E-state index contributed by atoms with van der Waals surface area (Å²) in [6, 6.07) is 6.07. The van der Waals surface area contributed by atoms with Gasteiger partial charge in [0.1, 0.15) is 18.2 Å². The Hall–Kier alpha value is -1.62. The number of carbonyl (C=O) groups excluding carboxylic acids is 1. The fraction of sp³-hybridized carbons (Fsp3) is 0.588. The molecule has 5 heteroatoms. The summed E-state index contributed by atoms with van der Waals surface area (Å²) >= 11 is 0. The molecule has 1 aromatic carbocycles. The Morgan fingerprint density at radius 2 is 2.00 bits per heavy atom. The van der Waals surface area contributed by atoms with Crippen molar-refractivity contribution in [2.24, 2.45) is 5.92 Å². The number of halogens is 1. The summed E-state index contributed by atoms with van der Waals surface area (Å²) < 4.78 is 18.4. The summed E-state index contributed by atoms with van der Waals surface area (Å²) in [5, 5.41) is 2.97. The van der Waals surface area contributed by atoms with Crippen LogP contribution in [0.25, 0.3) is 0 Å². The Bertz CT molecular complexity index is 456. The summed E-state index contributed by atoms with van der Waals surface area (Å²) in [6.07, 6.45) is 2.80. The fourth-order valence-corrected chi connectivity index (χ4v) is 2.63. The molecule has 1 saturated heterocycles. The van der Waals surface area contributed by atoms with E-state index < -0.39 is 0 Å². The number of likely N-dealkylation sites (tertiary alicyclic amines) is 1. The molecule has 0 bridgehead atoms. The molecule has 0 aromatic heterocycles. The van der Waals surface area contributed by atoms with E-state index in [4.69, 9.17) is 4.74 Å². The molecular weight excluding hydrogens is 283 g/mol. The van der Waals surface area contributed by atoms with Gasteiger partial charge in [0.2, 0.25) is 5.91 Å². The van der Waals surface area contributed by atoms with Crippen molar-refractivity contribution in [1.82, 2.24) is 10.2 Å². The number of rotatable bonds is 7. The van der Waals surface area contributed by atoms with Gasteiger partial charge >= 0.3 is 0 Å². The first kappa shape index (κ1) is 16.7. The molecule has 0 radical (unpaired) electrons. The van der Waals surface area contributed by atoms with E-state index in [0.29, 0.717) is 12.4 Å². The third-order valence-electron chi connectivity index (χ3n) is 4.00. The highest BCUT2D eigenvalue weighted by molar-refractivity contribution is 5.78. The van der Waals surface area contributed by atoms with E-state index in [1.54, 1.807) is 12.1 Å². The predicted octanol–water partition coefficient (Wildman–Crippen LogP) is 2.44. The number of amides is 1. The largest absolute Gasteiger partial charge is 0.492 e. The van der Waals surface area contributed by atoms with Crippen LogP contribution in [-0.2, 0) is 4.79 Å². The molecule has 1 aromatic rings. The summed E-state index contributed by atoms with van der Waals surface area (Å²) in [5.74, 6) is 0.788. The van der Waals surface area contributed by atoms with Crippen LogP contribution < -0.4 is 10.1 Å². The summed E-state index contributed by atoms with van der Waals surface area (Å²) in [7, 11) is 0. The van der Waals surface area contributed by atoms with E-state index in [0.717, 1.165) is 45.4 Å². The molecule has 22 heavy (non-hydrogen) atoms. The van der Waals surface area contributed by atoms with Gasteiger partial charge in [-0.15, -0.1) is 0 Å². The number of piperidine rings is 1. The van der Waals surface area contributed by atoms with Crippen LogP contribution in [0.4, 0.5) is 4.39 Å². The molecule has 1 N–H and O–H groups in total. The van der Waals surface area contributed by atoms with Crippen LogP contribution in [0.3, 0.4) is 0 Å². The zero-order valence-electron chi connectivity index (χ0n) is 13.2. The van der Waals surface area contributed by atoms with Crippen molar-refractivity contribution in [2.75, 3.05) is 32.8 Å². The minimum atomic E-state index is -0.254. The Balaban J connectivity index is 1.63. The smallest absolute Gasteiger partial charge is 0.223 e. The van der Waals surface area contributed by atoms with Crippen molar-refractivity contribution in [3.05, 3.63) is 30.1 Å². The summed E-state index contributed by atoms with van der Waals surface area (Å²) in [5.41, 5.74) is 0. The first-order chi connectivity index (χ1) is 10.7. The summed E-state index contributed by atoms with van der Waals surface area (Å²) in [4.78, 5) is 14.2. The van der Waals surface area contributed by atoms with Gasteiger partial charge in [0.15, 0.2) is 0 Å². The van der Waals surface area contributed by atoms with Crippen LogP contribution in [0.2, 0.25) is 0 Å². The predicted molar refractivity (Wildman–Crippen MR) is 84.4 cm³/mol. The van der Waals surface area contributed by atoms with Gasteiger partial charge in [0.05, 0.1) is 0 Å². The van der Waals surface area contributed by atoms with Crippen molar-refractivity contribution in [2.45, 2.75) is 26.2 Å². The molecular formula is C17H25FN2O2. The molecule has 0 atom stereocenters. The van der Waals surface area contributed by atoms with Crippen molar-refractivity contribution in [3.8, 4) is 5.75 Å². The number of nitrogens with zero attached hydrogens (tertiary/aromatic N) is 1. The van der Waals surface area contributed by atoms with Gasteiger partial charge in [0.25, 0.3) is 0 Å². The second-order valence-electron chi connectivity index (χ2n) is 5.71. The Labute approximate surface area is 131 Å². The summed E-state index contributed by atoms with van der Waals surface area (Å²) in [6.45, 7) is 6.10. The van der Waals surface area contributed by atoms with Crippen LogP contribution in [0.5, 0.6) is 5.75 Å². The normalized spacial score (nSPS) is 16.5. The maximum Gasteiger partial charge on any atom is 0.223 e. The molecule has 0 spiro atoms. The topological polar surface area (TPSA) is 41.6 Å². The minimum Gasteiger partial charge on any atom is -0.492 e. The number of hydrogen-bond donors (Lipinski definition) is 1. The molecule has 0 saturated carbocycles. The monoisotopic (exact) mass is 308 g/mol. The highest BCUT2D eigenvalue weighted by Crippen LogP contribution is 2.17. The molecule has 0 unspecified atom stereocenters. The molecule has 2 rings (SSSR count). The van der Waals surface area contributed by atoms with Crippen LogP contribution in [0, 0.1) is 11.7 Å². The highest BCUT2D eigenvalue weighted by atomic mass is 19.1. The molecule has 1 aliphatic heterocycles. The lowest BCUT2D eigenvalue weighted by Gasteiger charge is -2.31. The standard InChI is InChI=1S/C17H25FN2O2/c1-2-9-19-17(21)14-7-10-20(11-8-14)12-13-22-16-5-3-15(18)4-6-16/h3-6,14H,2,7-13H2,1H3,(H,19,21). The molecule has 4 nitrogen and oxygen atoms in total. The number of hydrogen-bond acceptors (Lipinski definition) is 3. The van der Waals surface area contributed by atoms with Gasteiger partial charge < -0.3 is 10.1 Å². The quantitative estimate of drug-likeness (QED) is 0.841. The van der Waals surface area contributed by atoms with Crippen LogP contribution in [0.1, 0.15) is 26.2 Å². The van der Waals surface area contributed by atoms with Crippen molar-refractivity contribution in [1.29, 1.82) is 0 Å². The molecule has 0 aliphatic carbocycles. The van der Waals surface area contributed by atoms with Crippen molar-refractivity contribution in [3.63, 3.8) is 0 Å². The third-order valence-corrected chi connectivity index (χ3v) is 4.00. The van der Waals surface area contributed by atoms with E-state index in [1.165, 1.54) is 12.1 Å². The van der Waals surface area contributed by atoms with Gasteiger partial charge in [-0.3, -0.25) is 9.69 Å². The van der Waals surface area contributed by atoms with Crippen LogP contribution in [0.15, 0.2) is 24.3 Å². The van der Waals surface area contributed by atoms with Gasteiger partial charge in [-0.1, -0.05) is 6.92 Å². The highest BCUT2D eigenvalue weighted by Gasteiger charge is 2.24. The average Bonchev–Trinajstić information content (AvgIpc) is 2.55. The lowest BCUT2D eigenvalue weighted by molar-refractivity contribution is -0.126. The number of nitrogens with one attached hydrogen (secondary N) is 1. The molecule has 122 valence electrons. The SMILES string of the molecule is CCCNC(=O)C1CCN(CCOc2ccc(F)cc2)CC1. The van der Waals surface area contributed by atoms with Gasteiger partial charge in [-0.05, 0) is 56.6 Å². The van der Waals surface area contributed by atoms with E-state index in [1.807, 2.05) is 0 Å². The minimum absolute atomic E-state index is 0.154. The van der Waals surface area contributed by atoms with Crippen LogP contribution >= 0.6 is 0 Å². The second-order valence-corrected chi connectivity index (χ2v) is 5.71. The van der Waals surface area contributed by atoms with Crippen LogP contribution in [-0.4, -0.2) is 43.6 Å². The van der Waals surface area contributed by atoms with Gasteiger partial charge in [-0.2, -0.15) is 0 Å². The lowest BCUT2D eigenvalue weighted by atomic mass is 9.96. The second kappa shape index (κ2) is 8.73. The zero-order chi connectivity index (χ0) is 15.8. The Morgan fingerprint density at radius 1 is 1.32 bits per heavy atom. The first-order valence-corrected chi connectivity index (χ1v) is 8.07. The Kier molecular flexibility index (Phi) is 6.65. The molecule has 1 amide bonds. The zero-order valence-corrected chi connectivity index (χ0v) is 13.2. The van der Waals surface area contributed by atoms with Gasteiger partial charge in [0, 0.05) is 19.0 Å². The third kappa shape index (κ3) is 5.30. The number of benzene rings is 1. The van der Waals surface area contributed by atoms with E-state index >= 15 is 0 Å². The first-order valence-electron chi connectivity index (χ1n) is 8.07. The molecule has 1 aliphatic rings. The maximum absolute atomic E-state index is 12.8. The van der Waals surface area contributed by atoms with Gasteiger partial charge in [-0.25, -0.2) is 4.39 Å². The fourth-order valence-electron chi connectivity index (χ4n) is 2.63. The number of ether oxygens (including phenoxy) is 1. The number of carbonyl (C=O) groups is 1. The van der Waals surface area contributed by atoms with Crippen molar-refractivity contribution >= 4 is 5.91 Å². The molecule has 1 fully saturated rings. The Morgan fingerprint density at radius 3 is 2.64 bits per heavy atom.